The van der Waals surface area contributed by atoms with Crippen LogP contribution >= 0.6 is 0 Å². The highest BCUT2D eigenvalue weighted by Gasteiger charge is 2.38. The van der Waals surface area contributed by atoms with Gasteiger partial charge < -0.3 is 0 Å². The molecule has 3 nitrogen and oxygen atoms in total. The lowest BCUT2D eigenvalue weighted by molar-refractivity contribution is -0.119. The molecule has 144 valence electrons. The van der Waals surface area contributed by atoms with E-state index in [-0.39, 0.29) is 11.8 Å². The minimum atomic E-state index is -0.333. The third-order valence-electron chi connectivity index (χ3n) is 4.85. The number of allylic oxidation sites excluding steroid dienone is 8. The summed E-state index contributed by atoms with van der Waals surface area (Å²) in [6.45, 7) is 15.7. The van der Waals surface area contributed by atoms with Crippen LogP contribution in [0, 0.1) is 5.92 Å². The van der Waals surface area contributed by atoms with Gasteiger partial charge in [-0.2, -0.15) is 0 Å². The molecule has 0 aliphatic carbocycles. The maximum absolute atomic E-state index is 12.7. The Morgan fingerprint density at radius 2 is 1.61 bits per heavy atom. The molecule has 0 unspecified atom stereocenters. The lowest BCUT2D eigenvalue weighted by Crippen LogP contribution is -2.29. The highest BCUT2D eigenvalue weighted by atomic mass is 16.2. The van der Waals surface area contributed by atoms with E-state index in [1.165, 1.54) is 16.5 Å². The fourth-order valence-electron chi connectivity index (χ4n) is 2.85. The van der Waals surface area contributed by atoms with Gasteiger partial charge >= 0.3 is 0 Å². The predicted molar refractivity (Wildman–Crippen MR) is 118 cm³/mol. The van der Waals surface area contributed by atoms with Gasteiger partial charge in [-0.05, 0) is 49.1 Å². The van der Waals surface area contributed by atoms with Gasteiger partial charge in [0.25, 0.3) is 11.8 Å². The van der Waals surface area contributed by atoms with E-state index in [1.807, 2.05) is 18.2 Å². The number of hydrogen-bond acceptors (Lipinski definition) is 2. The van der Waals surface area contributed by atoms with Crippen LogP contribution in [0.15, 0.2) is 90.6 Å². The Kier molecular flexibility index (Phi) is 6.89. The molecule has 0 aromatic heterocycles. The first-order valence-electron chi connectivity index (χ1n) is 9.35. The van der Waals surface area contributed by atoms with Gasteiger partial charge in [0.15, 0.2) is 0 Å². The van der Waals surface area contributed by atoms with Crippen molar-refractivity contribution in [1.29, 1.82) is 0 Å². The van der Waals surface area contributed by atoms with Crippen LogP contribution in [0.25, 0.3) is 5.57 Å². The van der Waals surface area contributed by atoms with Gasteiger partial charge in [0.2, 0.25) is 0 Å². The molecule has 1 aliphatic heterocycles. The van der Waals surface area contributed by atoms with Crippen LogP contribution in [0.3, 0.4) is 0 Å². The van der Waals surface area contributed by atoms with Crippen molar-refractivity contribution in [1.82, 2.24) is 0 Å². The molecule has 1 aromatic carbocycles. The van der Waals surface area contributed by atoms with Gasteiger partial charge in [-0.1, -0.05) is 75.1 Å². The quantitative estimate of drug-likeness (QED) is 0.359. The molecule has 1 fully saturated rings. The maximum Gasteiger partial charge on any atom is 0.266 e. The van der Waals surface area contributed by atoms with E-state index in [2.05, 4.69) is 40.0 Å². The number of rotatable bonds is 6. The van der Waals surface area contributed by atoms with Gasteiger partial charge in [0, 0.05) is 5.57 Å². The number of amides is 2. The van der Waals surface area contributed by atoms with Crippen molar-refractivity contribution in [2.45, 2.75) is 27.7 Å². The molecular weight excluding hydrogens is 346 g/mol. The zero-order valence-electron chi connectivity index (χ0n) is 17.0. The van der Waals surface area contributed by atoms with Crippen LogP contribution < -0.4 is 4.90 Å². The lowest BCUT2D eigenvalue weighted by Gasteiger charge is -2.14. The maximum atomic E-state index is 12.7. The first-order chi connectivity index (χ1) is 13.3. The summed E-state index contributed by atoms with van der Waals surface area (Å²) in [4.78, 5) is 26.6. The molecule has 2 rings (SSSR count). The van der Waals surface area contributed by atoms with Crippen molar-refractivity contribution in [2.75, 3.05) is 4.90 Å². The summed E-state index contributed by atoms with van der Waals surface area (Å²) < 4.78 is 0. The number of carbonyl (C=O) groups excluding carboxylic acids is 2. The minimum Gasteiger partial charge on any atom is -0.268 e. The Bertz CT molecular complexity index is 922. The molecule has 1 aromatic rings. The van der Waals surface area contributed by atoms with Gasteiger partial charge in [0.1, 0.15) is 0 Å². The Hall–Kier alpha value is -3.20. The first-order valence-corrected chi connectivity index (χ1v) is 9.35. The fourth-order valence-corrected chi connectivity index (χ4v) is 2.85. The van der Waals surface area contributed by atoms with Gasteiger partial charge in [-0.25, -0.2) is 4.90 Å². The molecule has 28 heavy (non-hydrogen) atoms. The van der Waals surface area contributed by atoms with Gasteiger partial charge in [-0.3, -0.25) is 9.59 Å². The Balaban J connectivity index is 2.38. The second-order valence-corrected chi connectivity index (χ2v) is 6.90. The van der Waals surface area contributed by atoms with Crippen molar-refractivity contribution in [3.8, 4) is 0 Å². The average Bonchev–Trinajstić information content (AvgIpc) is 2.92. The van der Waals surface area contributed by atoms with Crippen molar-refractivity contribution in [3.05, 3.63) is 96.2 Å². The van der Waals surface area contributed by atoms with Crippen LogP contribution in [-0.4, -0.2) is 11.8 Å². The highest BCUT2D eigenvalue weighted by molar-refractivity contribution is 6.37. The molecule has 0 atom stereocenters. The summed E-state index contributed by atoms with van der Waals surface area (Å²) >= 11 is 0. The molecule has 1 heterocycles. The summed E-state index contributed by atoms with van der Waals surface area (Å²) in [6.07, 6.45) is 10.7. The zero-order chi connectivity index (χ0) is 20.8. The number of benzene rings is 1. The van der Waals surface area contributed by atoms with Gasteiger partial charge in [-0.15, -0.1) is 0 Å². The van der Waals surface area contributed by atoms with E-state index in [4.69, 9.17) is 0 Å². The molecule has 1 aliphatic rings. The molecular formula is C25H27NO2. The second-order valence-electron chi connectivity index (χ2n) is 6.90. The molecule has 0 saturated carbocycles. The Morgan fingerprint density at radius 3 is 2.11 bits per heavy atom. The molecule has 2 amide bonds. The number of hydrogen-bond donors (Lipinski definition) is 0. The summed E-state index contributed by atoms with van der Waals surface area (Å²) in [5.74, 6) is -0.167. The number of imide groups is 1. The third-order valence-corrected chi connectivity index (χ3v) is 4.85. The van der Waals surface area contributed by atoms with Crippen molar-refractivity contribution < 1.29 is 9.59 Å². The molecule has 1 saturated heterocycles. The largest absolute Gasteiger partial charge is 0.268 e. The van der Waals surface area contributed by atoms with Crippen molar-refractivity contribution in [2.24, 2.45) is 5.92 Å². The first kappa shape index (κ1) is 21.1. The van der Waals surface area contributed by atoms with E-state index in [0.29, 0.717) is 22.8 Å². The molecule has 3 heteroatoms. The number of nitrogens with zero attached hydrogens (tertiary/aromatic N) is 1. The minimum absolute atomic E-state index is 0.316. The fraction of sp³-hybridized carbons (Fsp3) is 0.200. The van der Waals surface area contributed by atoms with E-state index in [1.54, 1.807) is 37.3 Å². The zero-order valence-corrected chi connectivity index (χ0v) is 17.0. The molecule has 0 spiro atoms. The smallest absolute Gasteiger partial charge is 0.266 e. The van der Waals surface area contributed by atoms with Crippen molar-refractivity contribution >= 4 is 23.1 Å². The van der Waals surface area contributed by atoms with Gasteiger partial charge in [0.05, 0.1) is 11.3 Å². The van der Waals surface area contributed by atoms with Crippen LogP contribution in [0.1, 0.15) is 33.3 Å². The normalized spacial score (nSPS) is 18.5. The predicted octanol–water partition coefficient (Wildman–Crippen LogP) is 5.79. The highest BCUT2D eigenvalue weighted by Crippen LogP contribution is 2.31. The summed E-state index contributed by atoms with van der Waals surface area (Å²) in [5, 5.41) is 0. The monoisotopic (exact) mass is 373 g/mol. The summed E-state index contributed by atoms with van der Waals surface area (Å²) in [7, 11) is 0. The standard InChI is InChI=1S/C25H27NO2/c1-7-10-23-22(9-3)24(27)26(25(23)28)21-15-13-20(14-16-21)19(8-2)12-11-18(6)17(4)5/h7-17H,1-2H2,3-6H3/b18-11+,19-12+,22-9+,23-10+. The summed E-state index contributed by atoms with van der Waals surface area (Å²) in [5.41, 5.74) is 4.54. The molecule has 0 radical (unpaired) electrons. The lowest BCUT2D eigenvalue weighted by atomic mass is 10.0. The Labute approximate surface area is 167 Å². The number of carbonyl (C=O) groups is 2. The Morgan fingerprint density at radius 1 is 1.00 bits per heavy atom. The SMILES string of the molecule is C=C/C=C1/C(=O)N(c2ccc(/C(C=C)=C/C=C(\C)C(C)C)cc2)C(=O)/C1=C/C. The third kappa shape index (κ3) is 4.20. The van der Waals surface area contributed by atoms with E-state index >= 15 is 0 Å². The van der Waals surface area contributed by atoms with E-state index in [9.17, 15) is 9.59 Å². The molecule has 0 N–H and O–H groups in total. The second kappa shape index (κ2) is 9.14. The molecule has 0 bridgehead atoms. The van der Waals surface area contributed by atoms with Crippen LogP contribution in [0.4, 0.5) is 5.69 Å². The number of anilines is 1. The van der Waals surface area contributed by atoms with Crippen LogP contribution in [0.5, 0.6) is 0 Å². The topological polar surface area (TPSA) is 37.4 Å². The van der Waals surface area contributed by atoms with Crippen LogP contribution in [0.2, 0.25) is 0 Å². The van der Waals surface area contributed by atoms with E-state index < -0.39 is 0 Å². The van der Waals surface area contributed by atoms with E-state index in [0.717, 1.165) is 11.1 Å². The summed E-state index contributed by atoms with van der Waals surface area (Å²) in [6, 6.07) is 7.36. The van der Waals surface area contributed by atoms with Crippen LogP contribution in [-0.2, 0) is 9.59 Å². The van der Waals surface area contributed by atoms with Crippen molar-refractivity contribution in [3.63, 3.8) is 0 Å². The average molecular weight is 373 g/mol.